The average molecular weight is 351 g/mol. The summed E-state index contributed by atoms with van der Waals surface area (Å²) in [7, 11) is 0. The van der Waals surface area contributed by atoms with Crippen LogP contribution >= 0.6 is 11.6 Å². The average Bonchev–Trinajstić information content (AvgIpc) is 2.55. The van der Waals surface area contributed by atoms with Crippen LogP contribution in [0.2, 0.25) is 0 Å². The van der Waals surface area contributed by atoms with E-state index in [1.54, 1.807) is 0 Å². The number of allylic oxidation sites excluding steroid dienone is 1. The predicted molar refractivity (Wildman–Crippen MR) is 100 cm³/mol. The van der Waals surface area contributed by atoms with Gasteiger partial charge in [-0.05, 0) is 49.4 Å². The molecule has 1 aromatic rings. The zero-order chi connectivity index (χ0) is 17.9. The second-order valence-corrected chi connectivity index (χ2v) is 6.40. The van der Waals surface area contributed by atoms with Gasteiger partial charge in [0.2, 0.25) is 5.91 Å². The summed E-state index contributed by atoms with van der Waals surface area (Å²) in [4.78, 5) is 22.5. The summed E-state index contributed by atoms with van der Waals surface area (Å²) in [5.74, 6) is 0.199. The number of hydrogen-bond acceptors (Lipinski definition) is 3. The number of anilines is 1. The third-order valence-corrected chi connectivity index (χ3v) is 4.02. The number of alkyl halides is 1. The van der Waals surface area contributed by atoms with E-state index in [-0.39, 0.29) is 11.8 Å². The number of carbonyl (C=O) groups excluding carboxylic acids is 2. The number of aryl methyl sites for hydroxylation is 1. The Morgan fingerprint density at radius 2 is 2.08 bits per heavy atom. The van der Waals surface area contributed by atoms with Gasteiger partial charge < -0.3 is 15.4 Å². The van der Waals surface area contributed by atoms with Gasteiger partial charge >= 0.3 is 0 Å². The van der Waals surface area contributed by atoms with Gasteiger partial charge in [-0.15, -0.1) is 11.6 Å². The summed E-state index contributed by atoms with van der Waals surface area (Å²) in [5.41, 5.74) is 3.73. The molecule has 1 unspecified atom stereocenters. The smallest absolute Gasteiger partial charge is 0.228 e. The van der Waals surface area contributed by atoms with Crippen LogP contribution in [0, 0.1) is 12.8 Å². The lowest BCUT2D eigenvalue weighted by Crippen LogP contribution is -2.30. The molecular weight excluding hydrogens is 324 g/mol. The van der Waals surface area contributed by atoms with Crippen molar-refractivity contribution in [1.82, 2.24) is 5.32 Å². The van der Waals surface area contributed by atoms with Crippen LogP contribution < -0.4 is 10.6 Å². The van der Waals surface area contributed by atoms with Gasteiger partial charge in [-0.1, -0.05) is 19.6 Å². The zero-order valence-corrected chi connectivity index (χ0v) is 15.3. The Kier molecular flexibility index (Phi) is 9.16. The number of hydrogen-bond donors (Lipinski definition) is 2. The van der Waals surface area contributed by atoms with Crippen LogP contribution in [0.25, 0.3) is 0 Å². The molecule has 1 rings (SSSR count). The summed E-state index contributed by atoms with van der Waals surface area (Å²) < 4.78 is 0. The molecule has 0 aliphatic rings. The van der Waals surface area contributed by atoms with Crippen molar-refractivity contribution in [3.8, 4) is 0 Å². The van der Waals surface area contributed by atoms with E-state index in [2.05, 4.69) is 17.2 Å². The van der Waals surface area contributed by atoms with Crippen molar-refractivity contribution in [1.29, 1.82) is 0 Å². The molecule has 24 heavy (non-hydrogen) atoms. The molecule has 132 valence electrons. The summed E-state index contributed by atoms with van der Waals surface area (Å²) in [5, 5.41) is 6.13. The Labute approximate surface area is 149 Å². The standard InChI is InChI=1S/C19H27ClN2O2/c1-14-9-17(12-20)11-18(10-14)22-19(24)15(2)13-21-16(3)7-5-4-6-8-23/h8-11,15,21H,3-7,12-13H2,1-2H3,(H,22,24). The largest absolute Gasteiger partial charge is 0.388 e. The lowest BCUT2D eigenvalue weighted by Gasteiger charge is -2.16. The molecule has 0 radical (unpaired) electrons. The molecule has 5 heteroatoms. The molecule has 1 atom stereocenters. The van der Waals surface area contributed by atoms with E-state index in [1.165, 1.54) is 0 Å². The minimum Gasteiger partial charge on any atom is -0.388 e. The highest BCUT2D eigenvalue weighted by atomic mass is 35.5. The number of halogens is 1. The fourth-order valence-electron chi connectivity index (χ4n) is 2.32. The van der Waals surface area contributed by atoms with E-state index in [4.69, 9.17) is 11.6 Å². The van der Waals surface area contributed by atoms with Crippen LogP contribution in [0.15, 0.2) is 30.5 Å². The van der Waals surface area contributed by atoms with E-state index < -0.39 is 0 Å². The van der Waals surface area contributed by atoms with Gasteiger partial charge in [-0.2, -0.15) is 0 Å². The van der Waals surface area contributed by atoms with E-state index >= 15 is 0 Å². The second-order valence-electron chi connectivity index (χ2n) is 6.13. The molecule has 4 nitrogen and oxygen atoms in total. The first-order valence-electron chi connectivity index (χ1n) is 8.29. The van der Waals surface area contributed by atoms with Gasteiger partial charge in [0.1, 0.15) is 6.29 Å². The van der Waals surface area contributed by atoms with Crippen molar-refractivity contribution >= 4 is 29.5 Å². The molecule has 0 saturated carbocycles. The Morgan fingerprint density at radius 1 is 1.33 bits per heavy atom. The van der Waals surface area contributed by atoms with Crippen molar-refractivity contribution < 1.29 is 9.59 Å². The van der Waals surface area contributed by atoms with E-state index in [0.717, 1.165) is 48.1 Å². The quantitative estimate of drug-likeness (QED) is 0.358. The molecule has 0 saturated heterocycles. The van der Waals surface area contributed by atoms with Crippen LogP contribution in [0.3, 0.4) is 0 Å². The highest BCUT2D eigenvalue weighted by molar-refractivity contribution is 6.17. The number of rotatable bonds is 11. The molecule has 2 N–H and O–H groups in total. The number of carbonyl (C=O) groups is 2. The molecule has 0 heterocycles. The third kappa shape index (κ3) is 7.64. The maximum atomic E-state index is 12.3. The van der Waals surface area contributed by atoms with Crippen LogP contribution in [0.5, 0.6) is 0 Å². The highest BCUT2D eigenvalue weighted by Gasteiger charge is 2.13. The fourth-order valence-corrected chi connectivity index (χ4v) is 2.48. The van der Waals surface area contributed by atoms with Gasteiger partial charge in [0, 0.05) is 30.2 Å². The molecule has 0 fully saturated rings. The molecule has 0 spiro atoms. The summed E-state index contributed by atoms with van der Waals surface area (Å²) in [6.45, 7) is 8.34. The minimum atomic E-state index is -0.184. The highest BCUT2D eigenvalue weighted by Crippen LogP contribution is 2.17. The monoisotopic (exact) mass is 350 g/mol. The molecule has 0 bridgehead atoms. The predicted octanol–water partition coefficient (Wildman–Crippen LogP) is 4.17. The Morgan fingerprint density at radius 3 is 2.75 bits per heavy atom. The first-order valence-corrected chi connectivity index (χ1v) is 8.82. The molecule has 1 aromatic carbocycles. The summed E-state index contributed by atoms with van der Waals surface area (Å²) >= 11 is 5.86. The second kappa shape index (κ2) is 10.9. The molecule has 1 amide bonds. The number of unbranched alkanes of at least 4 members (excludes halogenated alkanes) is 2. The molecule has 0 aliphatic carbocycles. The Balaban J connectivity index is 2.40. The third-order valence-electron chi connectivity index (χ3n) is 3.72. The summed E-state index contributed by atoms with van der Waals surface area (Å²) in [6.07, 6.45) is 4.14. The van der Waals surface area contributed by atoms with Crippen molar-refractivity contribution in [3.05, 3.63) is 41.6 Å². The van der Waals surface area contributed by atoms with Crippen LogP contribution in [-0.4, -0.2) is 18.7 Å². The SMILES string of the molecule is C=C(CCCCC=O)NCC(C)C(=O)Nc1cc(C)cc(CCl)c1. The van der Waals surface area contributed by atoms with Gasteiger partial charge in [-0.3, -0.25) is 4.79 Å². The van der Waals surface area contributed by atoms with Gasteiger partial charge in [-0.25, -0.2) is 0 Å². The number of amides is 1. The first kappa shape index (κ1) is 20.2. The maximum absolute atomic E-state index is 12.3. The van der Waals surface area contributed by atoms with Crippen molar-refractivity contribution in [2.75, 3.05) is 11.9 Å². The van der Waals surface area contributed by atoms with Crippen LogP contribution in [0.4, 0.5) is 5.69 Å². The van der Waals surface area contributed by atoms with Gasteiger partial charge in [0.15, 0.2) is 0 Å². The van der Waals surface area contributed by atoms with E-state index in [9.17, 15) is 9.59 Å². The van der Waals surface area contributed by atoms with Crippen molar-refractivity contribution in [3.63, 3.8) is 0 Å². The fraction of sp³-hybridized carbons (Fsp3) is 0.474. The van der Waals surface area contributed by atoms with E-state index in [1.807, 2.05) is 32.0 Å². The number of aldehydes is 1. The van der Waals surface area contributed by atoms with Gasteiger partial charge in [0.05, 0.1) is 5.92 Å². The van der Waals surface area contributed by atoms with Crippen LogP contribution in [-0.2, 0) is 15.5 Å². The zero-order valence-electron chi connectivity index (χ0n) is 14.5. The molecule has 0 aliphatic heterocycles. The topological polar surface area (TPSA) is 58.2 Å². The Bertz CT molecular complexity index is 572. The first-order chi connectivity index (χ1) is 11.5. The van der Waals surface area contributed by atoms with Crippen molar-refractivity contribution in [2.24, 2.45) is 5.92 Å². The van der Waals surface area contributed by atoms with Crippen molar-refractivity contribution in [2.45, 2.75) is 45.4 Å². The number of benzene rings is 1. The lowest BCUT2D eigenvalue weighted by molar-refractivity contribution is -0.119. The molecular formula is C19H27ClN2O2. The Hall–Kier alpha value is -1.81. The van der Waals surface area contributed by atoms with Gasteiger partial charge in [0.25, 0.3) is 0 Å². The lowest BCUT2D eigenvalue weighted by atomic mass is 10.1. The van der Waals surface area contributed by atoms with Crippen LogP contribution in [0.1, 0.15) is 43.7 Å². The maximum Gasteiger partial charge on any atom is 0.228 e. The van der Waals surface area contributed by atoms with E-state index in [0.29, 0.717) is 18.8 Å². The number of nitrogens with one attached hydrogen (secondary N) is 2. The minimum absolute atomic E-state index is 0.0395. The summed E-state index contributed by atoms with van der Waals surface area (Å²) in [6, 6.07) is 5.83. The normalized spacial score (nSPS) is 11.6. The molecule has 0 aromatic heterocycles.